The summed E-state index contributed by atoms with van der Waals surface area (Å²) in [4.78, 5) is 1.22. The van der Waals surface area contributed by atoms with Crippen LogP contribution in [-0.2, 0) is 13.2 Å². The molecule has 0 aliphatic rings. The highest BCUT2D eigenvalue weighted by atomic mass is 79.9. The van der Waals surface area contributed by atoms with Gasteiger partial charge in [-0.2, -0.15) is 0 Å². The highest BCUT2D eigenvalue weighted by Crippen LogP contribution is 2.26. The summed E-state index contributed by atoms with van der Waals surface area (Å²) >= 11 is 5.25. The maximum Gasteiger partial charge on any atom is 0.124 e. The Hall–Kier alpha value is -0.840. The first-order chi connectivity index (χ1) is 9.56. The second-order valence-electron chi connectivity index (χ2n) is 5.13. The topological polar surface area (TPSA) is 21.3 Å². The van der Waals surface area contributed by atoms with Crippen LogP contribution in [0.5, 0.6) is 5.75 Å². The quantitative estimate of drug-likeness (QED) is 0.797. The molecular weight excluding hydrogens is 334 g/mol. The van der Waals surface area contributed by atoms with E-state index in [1.807, 2.05) is 0 Å². The number of benzene rings is 1. The molecule has 0 aliphatic heterocycles. The monoisotopic (exact) mass is 353 g/mol. The van der Waals surface area contributed by atoms with Crippen LogP contribution in [-0.4, -0.2) is 6.04 Å². The molecule has 1 heterocycles. The second kappa shape index (κ2) is 7.25. The van der Waals surface area contributed by atoms with E-state index in [-0.39, 0.29) is 0 Å². The van der Waals surface area contributed by atoms with Gasteiger partial charge in [0.25, 0.3) is 0 Å². The molecule has 0 radical (unpaired) electrons. The molecule has 4 heteroatoms. The molecule has 20 heavy (non-hydrogen) atoms. The van der Waals surface area contributed by atoms with E-state index >= 15 is 0 Å². The lowest BCUT2D eigenvalue weighted by Gasteiger charge is -2.14. The van der Waals surface area contributed by atoms with Gasteiger partial charge in [0.2, 0.25) is 0 Å². The molecule has 1 N–H and O–H groups in total. The molecule has 0 amide bonds. The predicted octanol–water partition coefficient (Wildman–Crippen LogP) is 4.90. The van der Waals surface area contributed by atoms with Gasteiger partial charge in [0, 0.05) is 22.6 Å². The fraction of sp³-hybridized carbons (Fsp3) is 0.375. The van der Waals surface area contributed by atoms with Gasteiger partial charge in [-0.3, -0.25) is 0 Å². The molecule has 2 rings (SSSR count). The van der Waals surface area contributed by atoms with E-state index in [0.29, 0.717) is 12.6 Å². The van der Waals surface area contributed by atoms with E-state index in [4.69, 9.17) is 4.74 Å². The van der Waals surface area contributed by atoms with Crippen molar-refractivity contribution in [2.24, 2.45) is 0 Å². The van der Waals surface area contributed by atoms with E-state index in [1.165, 1.54) is 16.0 Å². The van der Waals surface area contributed by atoms with Crippen molar-refractivity contribution in [3.8, 4) is 5.75 Å². The number of nitrogens with one attached hydrogen (secondary N) is 1. The summed E-state index contributed by atoms with van der Waals surface area (Å²) in [6, 6.07) is 8.87. The zero-order valence-electron chi connectivity index (χ0n) is 12.1. The van der Waals surface area contributed by atoms with Crippen molar-refractivity contribution in [2.75, 3.05) is 0 Å². The third kappa shape index (κ3) is 4.33. The summed E-state index contributed by atoms with van der Waals surface area (Å²) in [5, 5.41) is 5.52. The number of thiophene rings is 1. The molecule has 0 saturated carbocycles. The zero-order chi connectivity index (χ0) is 14.5. The Morgan fingerprint density at radius 3 is 2.75 bits per heavy atom. The molecule has 0 unspecified atom stereocenters. The van der Waals surface area contributed by atoms with Crippen LogP contribution in [0.3, 0.4) is 0 Å². The Kier molecular flexibility index (Phi) is 5.64. The van der Waals surface area contributed by atoms with Crippen LogP contribution in [0, 0.1) is 6.92 Å². The number of rotatable bonds is 6. The number of ether oxygens (including phenoxy) is 1. The molecule has 2 aromatic rings. The third-order valence-electron chi connectivity index (χ3n) is 2.97. The Labute approximate surface area is 133 Å². The van der Waals surface area contributed by atoms with Crippen molar-refractivity contribution < 1.29 is 4.74 Å². The fourth-order valence-electron chi connectivity index (χ4n) is 1.87. The fourth-order valence-corrected chi connectivity index (χ4v) is 3.25. The van der Waals surface area contributed by atoms with Crippen molar-refractivity contribution in [1.82, 2.24) is 5.32 Å². The van der Waals surface area contributed by atoms with Crippen LogP contribution in [0.25, 0.3) is 0 Å². The molecule has 0 bridgehead atoms. The molecule has 0 fully saturated rings. The average Bonchev–Trinajstić information content (AvgIpc) is 2.81. The van der Waals surface area contributed by atoms with Gasteiger partial charge in [-0.15, -0.1) is 11.3 Å². The Morgan fingerprint density at radius 2 is 2.10 bits per heavy atom. The van der Waals surface area contributed by atoms with Crippen LogP contribution in [0.2, 0.25) is 0 Å². The number of hydrogen-bond acceptors (Lipinski definition) is 3. The van der Waals surface area contributed by atoms with Gasteiger partial charge in [0.1, 0.15) is 12.4 Å². The Balaban J connectivity index is 2.08. The van der Waals surface area contributed by atoms with Gasteiger partial charge >= 0.3 is 0 Å². The second-order valence-corrected chi connectivity index (χ2v) is 6.98. The van der Waals surface area contributed by atoms with Crippen LogP contribution in [0.4, 0.5) is 0 Å². The first kappa shape index (κ1) is 15.5. The number of hydrogen-bond donors (Lipinski definition) is 1. The summed E-state index contributed by atoms with van der Waals surface area (Å²) in [7, 11) is 0. The SMILES string of the molecule is Cc1ccc(OCc2sccc2Br)c(CNC(C)C)c1. The van der Waals surface area contributed by atoms with Gasteiger partial charge in [0.05, 0.1) is 4.88 Å². The number of halogens is 1. The van der Waals surface area contributed by atoms with Crippen LogP contribution >= 0.6 is 27.3 Å². The lowest BCUT2D eigenvalue weighted by Crippen LogP contribution is -2.22. The summed E-state index contributed by atoms with van der Waals surface area (Å²) in [5.74, 6) is 0.962. The standard InChI is InChI=1S/C16H20BrNOS/c1-11(2)18-9-13-8-12(3)4-5-15(13)19-10-16-14(17)6-7-20-16/h4-8,11,18H,9-10H2,1-3H3. The molecule has 1 aromatic heterocycles. The van der Waals surface area contributed by atoms with Gasteiger partial charge in [0.15, 0.2) is 0 Å². The molecule has 1 aromatic carbocycles. The smallest absolute Gasteiger partial charge is 0.124 e. The normalized spacial score (nSPS) is 11.1. The molecule has 108 valence electrons. The van der Waals surface area contributed by atoms with Crippen molar-refractivity contribution in [2.45, 2.75) is 40.0 Å². The van der Waals surface area contributed by atoms with E-state index in [2.05, 4.69) is 71.7 Å². The zero-order valence-corrected chi connectivity index (χ0v) is 14.5. The van der Waals surface area contributed by atoms with E-state index in [9.17, 15) is 0 Å². The summed E-state index contributed by atoms with van der Waals surface area (Å²) < 4.78 is 7.11. The molecule has 0 spiro atoms. The van der Waals surface area contributed by atoms with Crippen molar-refractivity contribution >= 4 is 27.3 Å². The van der Waals surface area contributed by atoms with Crippen molar-refractivity contribution in [1.29, 1.82) is 0 Å². The molecule has 2 nitrogen and oxygen atoms in total. The molecule has 0 atom stereocenters. The minimum absolute atomic E-state index is 0.467. The minimum atomic E-state index is 0.467. The summed E-state index contributed by atoms with van der Waals surface area (Å²) in [6.07, 6.45) is 0. The first-order valence-electron chi connectivity index (χ1n) is 6.74. The predicted molar refractivity (Wildman–Crippen MR) is 89.5 cm³/mol. The number of aryl methyl sites for hydroxylation is 1. The van der Waals surface area contributed by atoms with Gasteiger partial charge in [-0.1, -0.05) is 31.5 Å². The highest BCUT2D eigenvalue weighted by molar-refractivity contribution is 9.10. The van der Waals surface area contributed by atoms with Crippen molar-refractivity contribution in [3.05, 3.63) is 50.1 Å². The lowest BCUT2D eigenvalue weighted by molar-refractivity contribution is 0.304. The summed E-state index contributed by atoms with van der Waals surface area (Å²) in [5.41, 5.74) is 2.47. The van der Waals surface area contributed by atoms with E-state index in [1.54, 1.807) is 11.3 Å². The summed E-state index contributed by atoms with van der Waals surface area (Å²) in [6.45, 7) is 7.85. The van der Waals surface area contributed by atoms with Crippen LogP contribution < -0.4 is 10.1 Å². The highest BCUT2D eigenvalue weighted by Gasteiger charge is 2.07. The molecule has 0 saturated heterocycles. The largest absolute Gasteiger partial charge is 0.488 e. The van der Waals surface area contributed by atoms with E-state index in [0.717, 1.165) is 16.8 Å². The Morgan fingerprint density at radius 1 is 1.30 bits per heavy atom. The van der Waals surface area contributed by atoms with Gasteiger partial charge in [-0.05, 0) is 40.4 Å². The lowest BCUT2D eigenvalue weighted by atomic mass is 10.1. The van der Waals surface area contributed by atoms with Crippen LogP contribution in [0.1, 0.15) is 29.9 Å². The van der Waals surface area contributed by atoms with Crippen LogP contribution in [0.15, 0.2) is 34.1 Å². The first-order valence-corrected chi connectivity index (χ1v) is 8.41. The van der Waals surface area contributed by atoms with Crippen molar-refractivity contribution in [3.63, 3.8) is 0 Å². The molecule has 0 aliphatic carbocycles. The maximum absolute atomic E-state index is 5.99. The Bertz CT molecular complexity index is 565. The average molecular weight is 354 g/mol. The minimum Gasteiger partial charge on any atom is -0.488 e. The van der Waals surface area contributed by atoms with Gasteiger partial charge < -0.3 is 10.1 Å². The van der Waals surface area contributed by atoms with Gasteiger partial charge in [-0.25, -0.2) is 0 Å². The third-order valence-corrected chi connectivity index (χ3v) is 4.87. The maximum atomic E-state index is 5.99. The molecular formula is C16H20BrNOS. The van der Waals surface area contributed by atoms with E-state index < -0.39 is 0 Å².